The van der Waals surface area contributed by atoms with E-state index < -0.39 is 5.25 Å². The van der Waals surface area contributed by atoms with E-state index in [1.165, 1.54) is 11.8 Å². The Labute approximate surface area is 172 Å². The number of hydrogen-bond acceptors (Lipinski definition) is 7. The summed E-state index contributed by atoms with van der Waals surface area (Å²) in [7, 11) is 3.15. The second-order valence-corrected chi connectivity index (χ2v) is 7.28. The van der Waals surface area contributed by atoms with Crippen LogP contribution in [0.2, 0.25) is 0 Å². The molecule has 9 heteroatoms. The van der Waals surface area contributed by atoms with Crippen LogP contribution in [-0.4, -0.2) is 40.6 Å². The Kier molecular flexibility index (Phi) is 6.36. The Balaban J connectivity index is 1.69. The van der Waals surface area contributed by atoms with E-state index in [-0.39, 0.29) is 5.91 Å². The number of hydrogen-bond donors (Lipinski definition) is 2. The number of benzene rings is 2. The summed E-state index contributed by atoms with van der Waals surface area (Å²) in [4.78, 5) is 16.9. The third kappa shape index (κ3) is 4.86. The molecule has 3 rings (SSSR count). The SMILES string of the molecule is COc1ccc(-c2nc(SC(C)C(=O)Nc3cccc(C#N)c3)n[nH]2)c(OC)c1. The average molecular weight is 409 g/mol. The Hall–Kier alpha value is -3.51. The number of aromatic nitrogens is 3. The van der Waals surface area contributed by atoms with Crippen LogP contribution in [0.4, 0.5) is 5.69 Å². The fraction of sp³-hybridized carbons (Fsp3) is 0.200. The summed E-state index contributed by atoms with van der Waals surface area (Å²) in [6.07, 6.45) is 0. The maximum atomic E-state index is 12.4. The molecule has 0 radical (unpaired) electrons. The van der Waals surface area contributed by atoms with E-state index in [1.54, 1.807) is 57.5 Å². The third-order valence-corrected chi connectivity index (χ3v) is 5.00. The van der Waals surface area contributed by atoms with Gasteiger partial charge in [0.1, 0.15) is 11.5 Å². The minimum absolute atomic E-state index is 0.210. The van der Waals surface area contributed by atoms with Gasteiger partial charge in [0.15, 0.2) is 5.82 Å². The first-order chi connectivity index (χ1) is 14.0. The maximum Gasteiger partial charge on any atom is 0.237 e. The van der Waals surface area contributed by atoms with Crippen LogP contribution in [0.3, 0.4) is 0 Å². The van der Waals surface area contributed by atoms with Crippen LogP contribution in [0, 0.1) is 11.3 Å². The monoisotopic (exact) mass is 409 g/mol. The van der Waals surface area contributed by atoms with Gasteiger partial charge >= 0.3 is 0 Å². The molecule has 0 aliphatic rings. The highest BCUT2D eigenvalue weighted by molar-refractivity contribution is 8.00. The van der Waals surface area contributed by atoms with Gasteiger partial charge in [0.25, 0.3) is 0 Å². The largest absolute Gasteiger partial charge is 0.497 e. The molecule has 0 aliphatic carbocycles. The van der Waals surface area contributed by atoms with Crippen molar-refractivity contribution in [1.29, 1.82) is 5.26 Å². The summed E-state index contributed by atoms with van der Waals surface area (Å²) >= 11 is 1.22. The predicted octanol–water partition coefficient (Wildman–Crippen LogP) is 3.48. The van der Waals surface area contributed by atoms with E-state index in [1.807, 2.05) is 12.1 Å². The fourth-order valence-electron chi connectivity index (χ4n) is 2.54. The maximum absolute atomic E-state index is 12.4. The van der Waals surface area contributed by atoms with Crippen molar-refractivity contribution in [3.8, 4) is 29.0 Å². The second kappa shape index (κ2) is 9.12. The molecule has 3 aromatic rings. The smallest absolute Gasteiger partial charge is 0.237 e. The van der Waals surface area contributed by atoms with Crippen molar-refractivity contribution in [3.05, 3.63) is 48.0 Å². The molecule has 148 valence electrons. The van der Waals surface area contributed by atoms with Gasteiger partial charge in [-0.2, -0.15) is 5.26 Å². The number of aromatic amines is 1. The van der Waals surface area contributed by atoms with Gasteiger partial charge in [-0.3, -0.25) is 9.89 Å². The molecule has 8 nitrogen and oxygen atoms in total. The van der Waals surface area contributed by atoms with Gasteiger partial charge in [-0.05, 0) is 37.3 Å². The minimum Gasteiger partial charge on any atom is -0.497 e. The summed E-state index contributed by atoms with van der Waals surface area (Å²) in [5.41, 5.74) is 1.79. The normalized spacial score (nSPS) is 11.4. The molecular formula is C20H19N5O3S. The molecule has 1 amide bonds. The van der Waals surface area contributed by atoms with Crippen LogP contribution < -0.4 is 14.8 Å². The van der Waals surface area contributed by atoms with Crippen molar-refractivity contribution in [2.75, 3.05) is 19.5 Å². The van der Waals surface area contributed by atoms with Crippen molar-refractivity contribution in [3.63, 3.8) is 0 Å². The number of amides is 1. The van der Waals surface area contributed by atoms with E-state index in [2.05, 4.69) is 20.5 Å². The number of ether oxygens (including phenoxy) is 2. The van der Waals surface area contributed by atoms with Gasteiger partial charge in [0.2, 0.25) is 11.1 Å². The summed E-state index contributed by atoms with van der Waals surface area (Å²) in [5.74, 6) is 1.59. The number of carbonyl (C=O) groups excluding carboxylic acids is 1. The number of methoxy groups -OCH3 is 2. The number of thioether (sulfide) groups is 1. The number of nitrogens with one attached hydrogen (secondary N) is 2. The lowest BCUT2D eigenvalue weighted by Crippen LogP contribution is -2.22. The van der Waals surface area contributed by atoms with E-state index >= 15 is 0 Å². The fourth-order valence-corrected chi connectivity index (χ4v) is 3.26. The van der Waals surface area contributed by atoms with Crippen molar-refractivity contribution in [1.82, 2.24) is 15.2 Å². The molecule has 0 saturated carbocycles. The van der Waals surface area contributed by atoms with E-state index in [4.69, 9.17) is 14.7 Å². The topological polar surface area (TPSA) is 113 Å². The first-order valence-electron chi connectivity index (χ1n) is 8.66. The lowest BCUT2D eigenvalue weighted by molar-refractivity contribution is -0.115. The Bertz CT molecular complexity index is 1060. The van der Waals surface area contributed by atoms with Gasteiger partial charge in [-0.1, -0.05) is 17.8 Å². The number of nitrogens with zero attached hydrogens (tertiary/aromatic N) is 3. The summed E-state index contributed by atoms with van der Waals surface area (Å²) in [6, 6.07) is 14.2. The second-order valence-electron chi connectivity index (χ2n) is 5.97. The molecule has 1 unspecified atom stereocenters. The zero-order valence-corrected chi connectivity index (χ0v) is 16.9. The van der Waals surface area contributed by atoms with Crippen LogP contribution in [0.15, 0.2) is 47.6 Å². The zero-order valence-electron chi connectivity index (χ0n) is 16.1. The first-order valence-corrected chi connectivity index (χ1v) is 9.54. The minimum atomic E-state index is -0.442. The number of carbonyl (C=O) groups is 1. The first kappa shape index (κ1) is 20.2. The lowest BCUT2D eigenvalue weighted by atomic mass is 10.2. The third-order valence-electron chi connectivity index (χ3n) is 4.04. The molecule has 1 aromatic heterocycles. The van der Waals surface area contributed by atoms with Gasteiger partial charge in [-0.15, -0.1) is 5.10 Å². The summed E-state index contributed by atoms with van der Waals surface area (Å²) in [6.45, 7) is 1.76. The molecule has 0 bridgehead atoms. The molecule has 0 saturated heterocycles. The quantitative estimate of drug-likeness (QED) is 0.574. The number of H-pyrrole nitrogens is 1. The highest BCUT2D eigenvalue weighted by Gasteiger charge is 2.19. The molecule has 29 heavy (non-hydrogen) atoms. The molecule has 0 fully saturated rings. The zero-order chi connectivity index (χ0) is 20.8. The van der Waals surface area contributed by atoms with Gasteiger partial charge in [-0.25, -0.2) is 4.98 Å². The standard InChI is InChI=1S/C20H19N5O3S/c1-12(19(26)22-14-6-4-5-13(9-14)11-21)29-20-23-18(24-25-20)16-8-7-15(27-2)10-17(16)28-3/h4-10,12H,1-3H3,(H,22,26)(H,23,24,25). The van der Waals surface area contributed by atoms with Crippen LogP contribution in [-0.2, 0) is 4.79 Å². The van der Waals surface area contributed by atoms with Crippen molar-refractivity contribution < 1.29 is 14.3 Å². The van der Waals surface area contributed by atoms with Crippen molar-refractivity contribution in [2.45, 2.75) is 17.3 Å². The molecule has 1 heterocycles. The van der Waals surface area contributed by atoms with Crippen LogP contribution in [0.25, 0.3) is 11.4 Å². The lowest BCUT2D eigenvalue weighted by Gasteiger charge is -2.10. The number of nitriles is 1. The molecule has 1 atom stereocenters. The van der Waals surface area contributed by atoms with Crippen LogP contribution >= 0.6 is 11.8 Å². The summed E-state index contributed by atoms with van der Waals surface area (Å²) < 4.78 is 10.6. The molecule has 2 N–H and O–H groups in total. The molecule has 0 spiro atoms. The van der Waals surface area contributed by atoms with Gasteiger partial charge in [0, 0.05) is 11.8 Å². The highest BCUT2D eigenvalue weighted by atomic mass is 32.2. The van der Waals surface area contributed by atoms with E-state index in [9.17, 15) is 4.79 Å². The predicted molar refractivity (Wildman–Crippen MR) is 110 cm³/mol. The Morgan fingerprint density at radius 3 is 2.79 bits per heavy atom. The van der Waals surface area contributed by atoms with Gasteiger partial charge in [0.05, 0.1) is 36.7 Å². The average Bonchev–Trinajstić information content (AvgIpc) is 3.21. The Morgan fingerprint density at radius 2 is 2.07 bits per heavy atom. The summed E-state index contributed by atoms with van der Waals surface area (Å²) in [5, 5.41) is 18.8. The van der Waals surface area contributed by atoms with Crippen LogP contribution in [0.5, 0.6) is 11.5 Å². The highest BCUT2D eigenvalue weighted by Crippen LogP contribution is 2.32. The van der Waals surface area contributed by atoms with Crippen molar-refractivity contribution >= 4 is 23.4 Å². The number of rotatable bonds is 7. The molecule has 2 aromatic carbocycles. The van der Waals surface area contributed by atoms with Gasteiger partial charge < -0.3 is 14.8 Å². The molecule has 0 aliphatic heterocycles. The van der Waals surface area contributed by atoms with Crippen LogP contribution in [0.1, 0.15) is 12.5 Å². The molecular weight excluding hydrogens is 390 g/mol. The Morgan fingerprint density at radius 1 is 1.24 bits per heavy atom. The van der Waals surface area contributed by atoms with E-state index in [0.717, 1.165) is 5.56 Å². The van der Waals surface area contributed by atoms with Crippen molar-refractivity contribution in [2.24, 2.45) is 0 Å². The van der Waals surface area contributed by atoms with E-state index in [0.29, 0.717) is 33.7 Å². The number of anilines is 1.